The van der Waals surface area contributed by atoms with Gasteiger partial charge >= 0.3 is 6.55 Å². The lowest BCUT2D eigenvalue weighted by Crippen LogP contribution is -2.35. The van der Waals surface area contributed by atoms with E-state index in [1.165, 1.54) is 0 Å². The number of nitrogens with one attached hydrogen (secondary N) is 1. The van der Waals surface area contributed by atoms with E-state index < -0.39 is 6.55 Å². The predicted octanol–water partition coefficient (Wildman–Crippen LogP) is -0.148. The van der Waals surface area contributed by atoms with E-state index in [-0.39, 0.29) is 5.96 Å². The zero-order valence-electron chi connectivity index (χ0n) is 6.76. The summed E-state index contributed by atoms with van der Waals surface area (Å²) in [4.78, 5) is 3.65. The third-order valence-corrected chi connectivity index (χ3v) is 1.15. The maximum atomic E-state index is 11.6. The maximum absolute atomic E-state index is 11.6. The van der Waals surface area contributed by atoms with Crippen LogP contribution in [-0.4, -0.2) is 25.6 Å². The molecule has 0 aromatic heterocycles. The summed E-state index contributed by atoms with van der Waals surface area (Å²) in [5.41, 5.74) is 10.3. The molecular formula is C6H14F2N4. The molecule has 6 heteroatoms. The van der Waals surface area contributed by atoms with Gasteiger partial charge in [-0.25, -0.2) is 0 Å². The molecule has 0 aliphatic carbocycles. The van der Waals surface area contributed by atoms with Crippen molar-refractivity contribution in [2.75, 3.05) is 13.1 Å². The first kappa shape index (κ1) is 11.1. The Kier molecular flexibility index (Phi) is 6.26. The fraction of sp³-hybridized carbons (Fsp3) is 0.833. The summed E-state index contributed by atoms with van der Waals surface area (Å²) >= 11 is 0. The van der Waals surface area contributed by atoms with Crippen LogP contribution in [0.2, 0.25) is 0 Å². The van der Waals surface area contributed by atoms with Crippen molar-refractivity contribution in [2.45, 2.75) is 19.4 Å². The van der Waals surface area contributed by atoms with E-state index >= 15 is 0 Å². The van der Waals surface area contributed by atoms with Crippen LogP contribution in [0.25, 0.3) is 0 Å². The molecule has 0 radical (unpaired) electrons. The van der Waals surface area contributed by atoms with Gasteiger partial charge in [-0.05, 0) is 19.4 Å². The van der Waals surface area contributed by atoms with Crippen molar-refractivity contribution < 1.29 is 8.78 Å². The number of rotatable bonds is 5. The Morgan fingerprint density at radius 3 is 2.58 bits per heavy atom. The first-order chi connectivity index (χ1) is 5.66. The van der Waals surface area contributed by atoms with E-state index in [4.69, 9.17) is 11.5 Å². The Morgan fingerprint density at radius 1 is 1.42 bits per heavy atom. The molecule has 0 amide bonds. The van der Waals surface area contributed by atoms with Crippen LogP contribution in [-0.2, 0) is 0 Å². The van der Waals surface area contributed by atoms with E-state index in [1.807, 2.05) is 0 Å². The smallest absolute Gasteiger partial charge is 0.315 e. The fourth-order valence-corrected chi connectivity index (χ4v) is 0.613. The van der Waals surface area contributed by atoms with Crippen molar-refractivity contribution >= 4 is 5.96 Å². The summed E-state index contributed by atoms with van der Waals surface area (Å²) in [6.07, 6.45) is 1.59. The second-order valence-corrected chi connectivity index (χ2v) is 2.21. The second kappa shape index (κ2) is 6.78. The van der Waals surface area contributed by atoms with Crippen molar-refractivity contribution in [1.29, 1.82) is 0 Å². The molecule has 0 unspecified atom stereocenters. The molecule has 0 heterocycles. The van der Waals surface area contributed by atoms with Crippen LogP contribution in [0.5, 0.6) is 0 Å². The lowest BCUT2D eigenvalue weighted by molar-refractivity contribution is 0.132. The third-order valence-electron chi connectivity index (χ3n) is 1.15. The first-order valence-electron chi connectivity index (χ1n) is 3.71. The normalized spacial score (nSPS) is 12.2. The number of unbranched alkanes of at least 4 members (excludes halogenated alkanes) is 1. The van der Waals surface area contributed by atoms with Gasteiger partial charge in [-0.1, -0.05) is 0 Å². The van der Waals surface area contributed by atoms with Crippen LogP contribution >= 0.6 is 0 Å². The van der Waals surface area contributed by atoms with Gasteiger partial charge < -0.3 is 16.8 Å². The van der Waals surface area contributed by atoms with Gasteiger partial charge in [0.05, 0.1) is 0 Å². The minimum absolute atomic E-state index is 0.220. The summed E-state index contributed by atoms with van der Waals surface area (Å²) < 4.78 is 23.1. The van der Waals surface area contributed by atoms with Gasteiger partial charge in [0.25, 0.3) is 0 Å². The molecule has 0 fully saturated rings. The van der Waals surface area contributed by atoms with Crippen molar-refractivity contribution in [1.82, 2.24) is 5.32 Å². The highest BCUT2D eigenvalue weighted by Gasteiger charge is 2.00. The van der Waals surface area contributed by atoms with Crippen LogP contribution < -0.4 is 16.8 Å². The molecule has 0 saturated carbocycles. The zero-order valence-corrected chi connectivity index (χ0v) is 6.76. The van der Waals surface area contributed by atoms with E-state index in [9.17, 15) is 8.78 Å². The monoisotopic (exact) mass is 180 g/mol. The Bertz CT molecular complexity index is 138. The number of nitrogens with two attached hydrogens (primary N) is 2. The molecule has 72 valence electrons. The number of nitrogens with zero attached hydrogens (tertiary/aromatic N) is 1. The topological polar surface area (TPSA) is 76.4 Å². The molecule has 0 aromatic carbocycles. The molecule has 0 aliphatic rings. The number of hydrogen-bond donors (Lipinski definition) is 3. The van der Waals surface area contributed by atoms with E-state index in [0.29, 0.717) is 13.1 Å². The van der Waals surface area contributed by atoms with Gasteiger partial charge in [-0.2, -0.15) is 8.78 Å². The highest BCUT2D eigenvalue weighted by atomic mass is 19.3. The Balaban J connectivity index is 3.41. The maximum Gasteiger partial charge on any atom is 0.315 e. The SMILES string of the molecule is NCCCC/N=C(/N)NC(F)F. The highest BCUT2D eigenvalue weighted by Crippen LogP contribution is 1.87. The standard InChI is InChI=1S/C6H14F2N4/c7-5(8)12-6(10)11-4-2-1-3-9/h5H,1-4,9H2,(H3,10,11,12). The molecule has 5 N–H and O–H groups in total. The van der Waals surface area contributed by atoms with Gasteiger partial charge in [0.1, 0.15) is 0 Å². The lowest BCUT2D eigenvalue weighted by atomic mass is 10.3. The van der Waals surface area contributed by atoms with Crippen molar-refractivity contribution in [3.05, 3.63) is 0 Å². The fourth-order valence-electron chi connectivity index (χ4n) is 0.613. The number of aliphatic imine (C=N–C) groups is 1. The van der Waals surface area contributed by atoms with Crippen LogP contribution in [0.3, 0.4) is 0 Å². The largest absolute Gasteiger partial charge is 0.370 e. The first-order valence-corrected chi connectivity index (χ1v) is 3.71. The molecule has 0 bridgehead atoms. The molecular weight excluding hydrogens is 166 g/mol. The number of halogens is 2. The molecule has 12 heavy (non-hydrogen) atoms. The summed E-state index contributed by atoms with van der Waals surface area (Å²) in [7, 11) is 0. The van der Waals surface area contributed by atoms with Gasteiger partial charge in [-0.3, -0.25) is 4.99 Å². The van der Waals surface area contributed by atoms with Gasteiger partial charge in [0.15, 0.2) is 5.96 Å². The van der Waals surface area contributed by atoms with Crippen LogP contribution in [0.1, 0.15) is 12.8 Å². The van der Waals surface area contributed by atoms with Gasteiger partial charge in [0.2, 0.25) is 0 Å². The molecule has 0 rings (SSSR count). The predicted molar refractivity (Wildman–Crippen MR) is 43.9 cm³/mol. The van der Waals surface area contributed by atoms with Crippen molar-refractivity contribution in [2.24, 2.45) is 16.5 Å². The summed E-state index contributed by atoms with van der Waals surface area (Å²) in [6, 6.07) is 0. The summed E-state index contributed by atoms with van der Waals surface area (Å²) in [6.45, 7) is -1.64. The van der Waals surface area contributed by atoms with Crippen molar-refractivity contribution in [3.8, 4) is 0 Å². The molecule has 0 aromatic rings. The van der Waals surface area contributed by atoms with E-state index in [0.717, 1.165) is 12.8 Å². The number of hydrogen-bond acceptors (Lipinski definition) is 2. The summed E-state index contributed by atoms with van der Waals surface area (Å²) in [5, 5.41) is 1.68. The average Bonchev–Trinajstić information content (AvgIpc) is 1.97. The highest BCUT2D eigenvalue weighted by molar-refractivity contribution is 5.77. The molecule has 0 aliphatic heterocycles. The van der Waals surface area contributed by atoms with Crippen LogP contribution in [0, 0.1) is 0 Å². The zero-order chi connectivity index (χ0) is 9.40. The average molecular weight is 180 g/mol. The minimum atomic E-state index is -2.65. The Hall–Kier alpha value is -0.910. The number of alkyl halides is 2. The third kappa shape index (κ3) is 7.20. The van der Waals surface area contributed by atoms with Gasteiger partial charge in [-0.15, -0.1) is 0 Å². The van der Waals surface area contributed by atoms with Crippen molar-refractivity contribution in [3.63, 3.8) is 0 Å². The Morgan fingerprint density at radius 2 is 2.08 bits per heavy atom. The van der Waals surface area contributed by atoms with E-state index in [2.05, 4.69) is 4.99 Å². The second-order valence-electron chi connectivity index (χ2n) is 2.21. The minimum Gasteiger partial charge on any atom is -0.370 e. The quantitative estimate of drug-likeness (QED) is 0.238. The number of guanidine groups is 1. The Labute approximate surface area is 70.0 Å². The molecule has 0 spiro atoms. The van der Waals surface area contributed by atoms with Crippen LogP contribution in [0.4, 0.5) is 8.78 Å². The summed E-state index contributed by atoms with van der Waals surface area (Å²) in [5.74, 6) is -0.220. The molecule has 4 nitrogen and oxygen atoms in total. The molecule has 0 atom stereocenters. The molecule has 0 saturated heterocycles. The lowest BCUT2D eigenvalue weighted by Gasteiger charge is -2.02. The van der Waals surface area contributed by atoms with Gasteiger partial charge in [0, 0.05) is 6.54 Å². The van der Waals surface area contributed by atoms with E-state index in [1.54, 1.807) is 5.32 Å². The van der Waals surface area contributed by atoms with Crippen LogP contribution in [0.15, 0.2) is 4.99 Å².